The van der Waals surface area contributed by atoms with Crippen molar-refractivity contribution in [2.24, 2.45) is 0 Å². The van der Waals surface area contributed by atoms with Crippen LogP contribution in [0.25, 0.3) is 0 Å². The summed E-state index contributed by atoms with van der Waals surface area (Å²) in [7, 11) is 0. The average molecular weight is 264 g/mol. The second-order valence-electron chi connectivity index (χ2n) is 3.03. The van der Waals surface area contributed by atoms with Crippen molar-refractivity contribution in [2.75, 3.05) is 4.43 Å². The fourth-order valence-corrected chi connectivity index (χ4v) is 1.12. The molecule has 0 fully saturated rings. The van der Waals surface area contributed by atoms with Crippen LogP contribution in [0, 0.1) is 0 Å². The SMILES string of the molecule is C=C(C)CCC/C=C(\C)CI. The molecule has 0 heterocycles. The van der Waals surface area contributed by atoms with E-state index in [1.165, 1.54) is 30.4 Å². The molecule has 0 saturated heterocycles. The normalized spacial score (nSPS) is 11.7. The van der Waals surface area contributed by atoms with E-state index in [2.05, 4.69) is 49.1 Å². The standard InChI is InChI=1S/C10H17I/c1-9(2)6-4-5-7-10(3)8-11/h7H,1,4-6,8H2,2-3H3/b10-7+. The molecule has 0 aliphatic rings. The fraction of sp³-hybridized carbons (Fsp3) is 0.600. The Morgan fingerprint density at radius 3 is 2.55 bits per heavy atom. The van der Waals surface area contributed by atoms with Crippen molar-refractivity contribution in [2.45, 2.75) is 33.1 Å². The van der Waals surface area contributed by atoms with Crippen LogP contribution in [0.3, 0.4) is 0 Å². The number of halogens is 1. The molecule has 0 atom stereocenters. The molecule has 0 saturated carbocycles. The number of hydrogen-bond donors (Lipinski definition) is 0. The number of allylic oxidation sites excluding steroid dienone is 3. The van der Waals surface area contributed by atoms with Crippen molar-refractivity contribution in [3.8, 4) is 0 Å². The smallest absolute Gasteiger partial charge is 0.0203 e. The summed E-state index contributed by atoms with van der Waals surface area (Å²) in [6.07, 6.45) is 5.96. The third kappa shape index (κ3) is 8.11. The molecule has 0 aliphatic heterocycles. The minimum Gasteiger partial charge on any atom is -0.100 e. The van der Waals surface area contributed by atoms with Crippen LogP contribution < -0.4 is 0 Å². The quantitative estimate of drug-likeness (QED) is 0.303. The summed E-state index contributed by atoms with van der Waals surface area (Å²) in [6.45, 7) is 8.15. The Balaban J connectivity index is 3.33. The highest BCUT2D eigenvalue weighted by Crippen LogP contribution is 2.07. The summed E-state index contributed by atoms with van der Waals surface area (Å²) in [5.41, 5.74) is 2.79. The number of hydrogen-bond acceptors (Lipinski definition) is 0. The second-order valence-corrected chi connectivity index (χ2v) is 3.80. The largest absolute Gasteiger partial charge is 0.100 e. The van der Waals surface area contributed by atoms with Crippen LogP contribution in [0.2, 0.25) is 0 Å². The minimum atomic E-state index is 1.16. The number of rotatable bonds is 5. The van der Waals surface area contributed by atoms with Gasteiger partial charge in [-0.1, -0.05) is 39.8 Å². The van der Waals surface area contributed by atoms with Gasteiger partial charge in [-0.25, -0.2) is 0 Å². The maximum absolute atomic E-state index is 3.87. The highest BCUT2D eigenvalue weighted by Gasteiger charge is 1.87. The van der Waals surface area contributed by atoms with E-state index in [9.17, 15) is 0 Å². The summed E-state index contributed by atoms with van der Waals surface area (Å²) in [5, 5.41) is 0. The first kappa shape index (κ1) is 11.2. The molecular weight excluding hydrogens is 247 g/mol. The van der Waals surface area contributed by atoms with Crippen LogP contribution in [0.1, 0.15) is 33.1 Å². The molecule has 1 heteroatoms. The van der Waals surface area contributed by atoms with Gasteiger partial charge in [-0.2, -0.15) is 0 Å². The lowest BCUT2D eigenvalue weighted by Crippen LogP contribution is -1.78. The van der Waals surface area contributed by atoms with Crippen LogP contribution in [0.5, 0.6) is 0 Å². The molecule has 0 unspecified atom stereocenters. The van der Waals surface area contributed by atoms with Gasteiger partial charge in [-0.3, -0.25) is 0 Å². The van der Waals surface area contributed by atoms with E-state index in [0.717, 1.165) is 4.43 Å². The van der Waals surface area contributed by atoms with E-state index in [1.807, 2.05) is 0 Å². The predicted molar refractivity (Wildman–Crippen MR) is 61.3 cm³/mol. The Morgan fingerprint density at radius 1 is 1.45 bits per heavy atom. The van der Waals surface area contributed by atoms with E-state index in [4.69, 9.17) is 0 Å². The average Bonchev–Trinajstić information content (AvgIpc) is 1.97. The molecule has 0 amide bonds. The van der Waals surface area contributed by atoms with Crippen molar-refractivity contribution in [1.29, 1.82) is 0 Å². The third-order valence-corrected chi connectivity index (χ3v) is 2.71. The molecule has 0 rings (SSSR count). The van der Waals surface area contributed by atoms with Crippen LogP contribution in [-0.2, 0) is 0 Å². The van der Waals surface area contributed by atoms with Gasteiger partial charge < -0.3 is 0 Å². The van der Waals surface area contributed by atoms with E-state index in [0.29, 0.717) is 0 Å². The molecule has 0 aromatic heterocycles. The van der Waals surface area contributed by atoms with E-state index in [-0.39, 0.29) is 0 Å². The van der Waals surface area contributed by atoms with Gasteiger partial charge in [0.1, 0.15) is 0 Å². The van der Waals surface area contributed by atoms with E-state index >= 15 is 0 Å². The highest BCUT2D eigenvalue weighted by atomic mass is 127. The molecule has 0 aromatic rings. The van der Waals surface area contributed by atoms with Crippen molar-refractivity contribution in [3.05, 3.63) is 23.8 Å². The summed E-state index contributed by atoms with van der Waals surface area (Å²) in [5.74, 6) is 0. The van der Waals surface area contributed by atoms with Crippen LogP contribution >= 0.6 is 22.6 Å². The highest BCUT2D eigenvalue weighted by molar-refractivity contribution is 14.1. The van der Waals surface area contributed by atoms with Gasteiger partial charge in [0.05, 0.1) is 0 Å². The Morgan fingerprint density at radius 2 is 2.09 bits per heavy atom. The monoisotopic (exact) mass is 264 g/mol. The first-order valence-corrected chi connectivity index (χ1v) is 5.55. The third-order valence-electron chi connectivity index (χ3n) is 1.51. The van der Waals surface area contributed by atoms with Gasteiger partial charge in [0.15, 0.2) is 0 Å². The lowest BCUT2D eigenvalue weighted by atomic mass is 10.1. The Labute approximate surface area is 83.9 Å². The van der Waals surface area contributed by atoms with Crippen LogP contribution in [-0.4, -0.2) is 4.43 Å². The maximum atomic E-state index is 3.87. The number of unbranched alkanes of at least 4 members (excludes halogenated alkanes) is 1. The Hall–Kier alpha value is 0.210. The minimum absolute atomic E-state index is 1.16. The first-order chi connectivity index (χ1) is 5.16. The molecule has 11 heavy (non-hydrogen) atoms. The zero-order chi connectivity index (χ0) is 8.69. The fourth-order valence-electron chi connectivity index (χ4n) is 0.807. The lowest BCUT2D eigenvalue weighted by Gasteiger charge is -1.96. The topological polar surface area (TPSA) is 0 Å². The summed E-state index contributed by atoms with van der Waals surface area (Å²) < 4.78 is 1.16. The molecule has 0 radical (unpaired) electrons. The van der Waals surface area contributed by atoms with Gasteiger partial charge in [0.25, 0.3) is 0 Å². The van der Waals surface area contributed by atoms with E-state index < -0.39 is 0 Å². The molecule has 0 aliphatic carbocycles. The van der Waals surface area contributed by atoms with Crippen molar-refractivity contribution in [3.63, 3.8) is 0 Å². The van der Waals surface area contributed by atoms with Crippen LogP contribution in [0.15, 0.2) is 23.8 Å². The van der Waals surface area contributed by atoms with Gasteiger partial charge in [-0.05, 0) is 33.1 Å². The molecule has 0 nitrogen and oxygen atoms in total. The van der Waals surface area contributed by atoms with Gasteiger partial charge >= 0.3 is 0 Å². The Kier molecular flexibility index (Phi) is 7.02. The summed E-state index contributed by atoms with van der Waals surface area (Å²) in [4.78, 5) is 0. The maximum Gasteiger partial charge on any atom is 0.0203 e. The lowest BCUT2D eigenvalue weighted by molar-refractivity contribution is 0.831. The molecule has 0 bridgehead atoms. The van der Waals surface area contributed by atoms with Crippen molar-refractivity contribution >= 4 is 22.6 Å². The van der Waals surface area contributed by atoms with Gasteiger partial charge in [0.2, 0.25) is 0 Å². The summed E-state index contributed by atoms with van der Waals surface area (Å²) >= 11 is 2.39. The number of alkyl halides is 1. The van der Waals surface area contributed by atoms with Gasteiger partial charge in [0, 0.05) is 4.43 Å². The first-order valence-electron chi connectivity index (χ1n) is 4.02. The zero-order valence-electron chi connectivity index (χ0n) is 7.49. The van der Waals surface area contributed by atoms with Crippen LogP contribution in [0.4, 0.5) is 0 Å². The predicted octanol–water partition coefficient (Wildman–Crippen LogP) is 4.11. The molecule has 0 N–H and O–H groups in total. The Bertz CT molecular complexity index is 145. The molecular formula is C10H17I. The summed E-state index contributed by atoms with van der Waals surface area (Å²) in [6, 6.07) is 0. The van der Waals surface area contributed by atoms with Crippen molar-refractivity contribution in [1.82, 2.24) is 0 Å². The molecule has 64 valence electrons. The molecule has 0 aromatic carbocycles. The molecule has 0 spiro atoms. The van der Waals surface area contributed by atoms with Gasteiger partial charge in [-0.15, -0.1) is 6.58 Å². The zero-order valence-corrected chi connectivity index (χ0v) is 9.65. The second kappa shape index (κ2) is 6.89. The van der Waals surface area contributed by atoms with E-state index in [1.54, 1.807) is 0 Å². The van der Waals surface area contributed by atoms with Crippen molar-refractivity contribution < 1.29 is 0 Å².